The quantitative estimate of drug-likeness (QED) is 0.319. The molecule has 0 atom stereocenters. The lowest BCUT2D eigenvalue weighted by atomic mass is 9.69. The van der Waals surface area contributed by atoms with Gasteiger partial charge < -0.3 is 26.0 Å². The number of hydrogen-bond donors (Lipinski definition) is 4. The molecule has 0 unspecified atom stereocenters. The summed E-state index contributed by atoms with van der Waals surface area (Å²) in [5.74, 6) is -0.843. The maximum Gasteiger partial charge on any atom is 0.339 e. The zero-order valence-corrected chi connectivity index (χ0v) is 22.3. The van der Waals surface area contributed by atoms with Gasteiger partial charge in [0.05, 0.1) is 17.4 Å². The normalized spacial score (nSPS) is 14.0. The van der Waals surface area contributed by atoms with Gasteiger partial charge in [0.15, 0.2) is 0 Å². The Morgan fingerprint density at radius 3 is 2.42 bits per heavy atom. The highest BCUT2D eigenvalue weighted by molar-refractivity contribution is 6.30. The summed E-state index contributed by atoms with van der Waals surface area (Å²) >= 11 is 6.02. The molecule has 198 valence electrons. The lowest BCUT2D eigenvalue weighted by Crippen LogP contribution is -2.66. The Labute approximate surface area is 225 Å². The standard InChI is InChI=1S/C27H29ClN6O4/c1-15(2)16-7-5-6-8-19(16)27(26(38)32-20-12-31-21(28)11-18(20)24(35)30-4)13-34(14-27)22-10-9-17(25(36)37)23(29-3)33-22/h5-12,15H,13-14H2,1-4H3,(H,29,33)(H,30,35)(H,32,38)(H,36,37). The lowest BCUT2D eigenvalue weighted by molar-refractivity contribution is -0.122. The van der Waals surface area contributed by atoms with E-state index in [0.717, 1.165) is 11.1 Å². The van der Waals surface area contributed by atoms with Gasteiger partial charge in [-0.05, 0) is 35.2 Å². The highest BCUT2D eigenvalue weighted by Crippen LogP contribution is 2.42. The maximum atomic E-state index is 14.0. The van der Waals surface area contributed by atoms with Crippen molar-refractivity contribution in [3.63, 3.8) is 0 Å². The number of aromatic carboxylic acids is 1. The van der Waals surface area contributed by atoms with E-state index in [1.54, 1.807) is 13.1 Å². The molecule has 11 heteroatoms. The molecular weight excluding hydrogens is 508 g/mol. The summed E-state index contributed by atoms with van der Waals surface area (Å²) in [4.78, 5) is 48.5. The molecule has 4 rings (SSSR count). The van der Waals surface area contributed by atoms with E-state index in [1.165, 1.54) is 25.4 Å². The average molecular weight is 537 g/mol. The molecule has 1 aliphatic heterocycles. The number of pyridine rings is 2. The molecule has 0 spiro atoms. The number of benzene rings is 1. The van der Waals surface area contributed by atoms with Crippen LogP contribution < -0.4 is 20.9 Å². The van der Waals surface area contributed by atoms with Crippen LogP contribution in [-0.4, -0.2) is 60.0 Å². The highest BCUT2D eigenvalue weighted by Gasteiger charge is 2.52. The molecule has 3 aromatic rings. The minimum atomic E-state index is -1.08. The minimum absolute atomic E-state index is 0.0582. The fraction of sp³-hybridized carbons (Fsp3) is 0.296. The van der Waals surface area contributed by atoms with Gasteiger partial charge in [-0.25, -0.2) is 14.8 Å². The smallest absolute Gasteiger partial charge is 0.339 e. The van der Waals surface area contributed by atoms with Crippen LogP contribution in [0.2, 0.25) is 5.15 Å². The van der Waals surface area contributed by atoms with Gasteiger partial charge in [-0.2, -0.15) is 0 Å². The Balaban J connectivity index is 1.74. The average Bonchev–Trinajstić information content (AvgIpc) is 2.88. The molecule has 38 heavy (non-hydrogen) atoms. The molecule has 4 N–H and O–H groups in total. The van der Waals surface area contributed by atoms with Crippen molar-refractivity contribution in [3.05, 3.63) is 76.1 Å². The largest absolute Gasteiger partial charge is 0.478 e. The molecule has 10 nitrogen and oxygen atoms in total. The fourth-order valence-electron chi connectivity index (χ4n) is 4.72. The topological polar surface area (TPSA) is 137 Å². The number of anilines is 3. The number of carboxylic acid groups (broad SMARTS) is 1. The molecule has 2 amide bonds. The number of carbonyl (C=O) groups excluding carboxylic acids is 2. The first kappa shape index (κ1) is 26.9. The Morgan fingerprint density at radius 1 is 1.08 bits per heavy atom. The van der Waals surface area contributed by atoms with E-state index in [0.29, 0.717) is 18.9 Å². The van der Waals surface area contributed by atoms with Crippen LogP contribution in [0.1, 0.15) is 51.6 Å². The van der Waals surface area contributed by atoms with E-state index in [-0.39, 0.29) is 39.6 Å². The lowest BCUT2D eigenvalue weighted by Gasteiger charge is -2.50. The number of halogens is 1. The van der Waals surface area contributed by atoms with Crippen LogP contribution in [-0.2, 0) is 10.2 Å². The summed E-state index contributed by atoms with van der Waals surface area (Å²) in [7, 11) is 3.10. The monoisotopic (exact) mass is 536 g/mol. The van der Waals surface area contributed by atoms with Crippen molar-refractivity contribution < 1.29 is 19.5 Å². The van der Waals surface area contributed by atoms with Gasteiger partial charge in [0.1, 0.15) is 27.8 Å². The molecular formula is C27H29ClN6O4. The SMILES string of the molecule is CNC(=O)c1cc(Cl)ncc1NC(=O)C1(c2ccccc2C(C)C)CN(c2ccc(C(=O)O)c(NC)n2)C1. The highest BCUT2D eigenvalue weighted by atomic mass is 35.5. The van der Waals surface area contributed by atoms with E-state index >= 15 is 0 Å². The number of rotatable bonds is 8. The second-order valence-corrected chi connectivity index (χ2v) is 9.77. The van der Waals surface area contributed by atoms with Crippen LogP contribution in [0.15, 0.2) is 48.7 Å². The van der Waals surface area contributed by atoms with E-state index in [1.807, 2.05) is 29.2 Å². The zero-order chi connectivity index (χ0) is 27.6. The van der Waals surface area contributed by atoms with Crippen LogP contribution in [0.3, 0.4) is 0 Å². The van der Waals surface area contributed by atoms with Gasteiger partial charge in [0.2, 0.25) is 5.91 Å². The molecule has 1 aromatic carbocycles. The third-order valence-electron chi connectivity index (χ3n) is 6.72. The van der Waals surface area contributed by atoms with Crippen LogP contribution in [0, 0.1) is 0 Å². The van der Waals surface area contributed by atoms with Crippen molar-refractivity contribution in [2.45, 2.75) is 25.2 Å². The van der Waals surface area contributed by atoms with Crippen molar-refractivity contribution >= 4 is 46.7 Å². The number of nitrogens with one attached hydrogen (secondary N) is 3. The van der Waals surface area contributed by atoms with Gasteiger partial charge in [0, 0.05) is 27.2 Å². The number of aromatic nitrogens is 2. The summed E-state index contributed by atoms with van der Waals surface area (Å²) in [5, 5.41) is 17.9. The van der Waals surface area contributed by atoms with E-state index in [4.69, 9.17) is 11.6 Å². The van der Waals surface area contributed by atoms with Gasteiger partial charge in [-0.1, -0.05) is 49.7 Å². The summed E-state index contributed by atoms with van der Waals surface area (Å²) < 4.78 is 0. The van der Waals surface area contributed by atoms with Crippen molar-refractivity contribution in [3.8, 4) is 0 Å². The van der Waals surface area contributed by atoms with E-state index in [9.17, 15) is 19.5 Å². The molecule has 0 bridgehead atoms. The second kappa shape index (κ2) is 10.7. The Hall–Kier alpha value is -4.18. The predicted octanol–water partition coefficient (Wildman–Crippen LogP) is 3.75. The zero-order valence-electron chi connectivity index (χ0n) is 21.5. The molecule has 0 aliphatic carbocycles. The van der Waals surface area contributed by atoms with Crippen LogP contribution in [0.5, 0.6) is 0 Å². The van der Waals surface area contributed by atoms with Crippen LogP contribution in [0.4, 0.5) is 17.3 Å². The number of nitrogens with zero attached hydrogens (tertiary/aromatic N) is 3. The maximum absolute atomic E-state index is 14.0. The van der Waals surface area contributed by atoms with E-state index < -0.39 is 17.3 Å². The Kier molecular flexibility index (Phi) is 7.54. The van der Waals surface area contributed by atoms with Crippen LogP contribution >= 0.6 is 11.6 Å². The van der Waals surface area contributed by atoms with Gasteiger partial charge in [0.25, 0.3) is 5.91 Å². The molecule has 0 saturated carbocycles. The van der Waals surface area contributed by atoms with Gasteiger partial charge in [-0.15, -0.1) is 0 Å². The summed E-state index contributed by atoms with van der Waals surface area (Å²) in [6.45, 7) is 4.72. The van der Waals surface area contributed by atoms with E-state index in [2.05, 4.69) is 39.8 Å². The first-order chi connectivity index (χ1) is 18.1. The third kappa shape index (κ3) is 4.87. The number of carbonyl (C=O) groups is 3. The first-order valence-corrected chi connectivity index (χ1v) is 12.4. The first-order valence-electron chi connectivity index (χ1n) is 12.1. The predicted molar refractivity (Wildman–Crippen MR) is 146 cm³/mol. The second-order valence-electron chi connectivity index (χ2n) is 9.39. The number of amides is 2. The fourth-order valence-corrected chi connectivity index (χ4v) is 4.88. The number of hydrogen-bond acceptors (Lipinski definition) is 7. The Morgan fingerprint density at radius 2 is 1.79 bits per heavy atom. The number of carboxylic acids is 1. The molecule has 1 aliphatic rings. The molecule has 0 radical (unpaired) electrons. The van der Waals surface area contributed by atoms with Crippen molar-refractivity contribution in [2.75, 3.05) is 42.7 Å². The summed E-state index contributed by atoms with van der Waals surface area (Å²) in [6.07, 6.45) is 1.37. The molecule has 1 saturated heterocycles. The van der Waals surface area contributed by atoms with Crippen molar-refractivity contribution in [2.24, 2.45) is 0 Å². The molecule has 3 heterocycles. The third-order valence-corrected chi connectivity index (χ3v) is 6.92. The minimum Gasteiger partial charge on any atom is -0.478 e. The van der Waals surface area contributed by atoms with Crippen molar-refractivity contribution in [1.82, 2.24) is 15.3 Å². The summed E-state index contributed by atoms with van der Waals surface area (Å²) in [5.41, 5.74) is 1.46. The molecule has 1 fully saturated rings. The Bertz CT molecular complexity index is 1400. The molecule has 2 aromatic heterocycles. The van der Waals surface area contributed by atoms with Crippen LogP contribution in [0.25, 0.3) is 0 Å². The van der Waals surface area contributed by atoms with Gasteiger partial charge in [-0.3, -0.25) is 9.59 Å². The summed E-state index contributed by atoms with van der Waals surface area (Å²) in [6, 6.07) is 12.3. The van der Waals surface area contributed by atoms with Crippen molar-refractivity contribution in [1.29, 1.82) is 0 Å². The van der Waals surface area contributed by atoms with Gasteiger partial charge >= 0.3 is 5.97 Å².